The van der Waals surface area contributed by atoms with Gasteiger partial charge >= 0.3 is 0 Å². The minimum atomic E-state index is -0.854. The average molecular weight is 139 g/mol. The zero-order valence-corrected chi connectivity index (χ0v) is 6.30. The number of terminal acetylenes is 1. The second-order valence-electron chi connectivity index (χ2n) is 3.02. The average Bonchev–Trinajstić information content (AvgIpc) is 1.88. The molecule has 1 aliphatic rings. The Bertz CT molecular complexity index is 161. The van der Waals surface area contributed by atoms with E-state index in [-0.39, 0.29) is 0 Å². The molecule has 0 aromatic rings. The van der Waals surface area contributed by atoms with Crippen LogP contribution in [0, 0.1) is 12.3 Å². The number of likely N-dealkylation sites (tertiary alicyclic amines) is 1. The van der Waals surface area contributed by atoms with E-state index in [1.54, 1.807) is 0 Å². The number of hydrogen-bond acceptors (Lipinski definition) is 2. The van der Waals surface area contributed by atoms with Crippen LogP contribution < -0.4 is 0 Å². The van der Waals surface area contributed by atoms with Gasteiger partial charge in [-0.15, -0.1) is 6.42 Å². The Hall–Kier alpha value is -0.520. The highest BCUT2D eigenvalue weighted by molar-refractivity contribution is 5.09. The molecule has 0 spiro atoms. The van der Waals surface area contributed by atoms with Crippen LogP contribution in [0.5, 0.6) is 0 Å². The van der Waals surface area contributed by atoms with Crippen LogP contribution in [0.2, 0.25) is 0 Å². The van der Waals surface area contributed by atoms with Gasteiger partial charge in [0.05, 0.1) is 0 Å². The molecule has 2 nitrogen and oxygen atoms in total. The summed E-state index contributed by atoms with van der Waals surface area (Å²) in [5, 5.41) is 9.57. The molecule has 1 aliphatic heterocycles. The Kier molecular flexibility index (Phi) is 1.98. The van der Waals surface area contributed by atoms with Crippen LogP contribution in [-0.4, -0.2) is 35.7 Å². The third-order valence-electron chi connectivity index (χ3n) is 1.93. The monoisotopic (exact) mass is 139 g/mol. The highest BCUT2D eigenvalue weighted by Gasteiger charge is 2.28. The molecule has 0 radical (unpaired) electrons. The molecule has 0 bridgehead atoms. The number of β-amino-alcohol motifs (C(OH)–C–C–N with tert-alkyl or cyclic N) is 1. The summed E-state index contributed by atoms with van der Waals surface area (Å²) in [7, 11) is 1.97. The van der Waals surface area contributed by atoms with Crippen molar-refractivity contribution < 1.29 is 5.11 Å². The van der Waals surface area contributed by atoms with Crippen molar-refractivity contribution in [1.82, 2.24) is 4.90 Å². The first-order chi connectivity index (χ1) is 4.66. The summed E-state index contributed by atoms with van der Waals surface area (Å²) in [4.78, 5) is 2.06. The second-order valence-corrected chi connectivity index (χ2v) is 3.02. The lowest BCUT2D eigenvalue weighted by Crippen LogP contribution is -2.45. The highest BCUT2D eigenvalue weighted by atomic mass is 16.3. The normalized spacial score (nSPS) is 35.3. The summed E-state index contributed by atoms with van der Waals surface area (Å²) in [5.74, 6) is 2.42. The van der Waals surface area contributed by atoms with Crippen molar-refractivity contribution in [1.29, 1.82) is 0 Å². The molecule has 1 saturated heterocycles. The first-order valence-electron chi connectivity index (χ1n) is 3.55. The fraction of sp³-hybridized carbons (Fsp3) is 0.750. The van der Waals surface area contributed by atoms with E-state index in [2.05, 4.69) is 10.8 Å². The Labute approximate surface area is 61.8 Å². The van der Waals surface area contributed by atoms with Crippen molar-refractivity contribution in [3.05, 3.63) is 0 Å². The molecule has 0 aliphatic carbocycles. The predicted octanol–water partition coefficient (Wildman–Crippen LogP) is 0.0763. The third kappa shape index (κ3) is 1.50. The molecular formula is C8H13NO. The van der Waals surface area contributed by atoms with E-state index in [4.69, 9.17) is 6.42 Å². The summed E-state index contributed by atoms with van der Waals surface area (Å²) in [6, 6.07) is 0. The second kappa shape index (κ2) is 2.61. The minimum absolute atomic E-state index is 0.615. The predicted molar refractivity (Wildman–Crippen MR) is 40.5 cm³/mol. The largest absolute Gasteiger partial charge is 0.376 e. The van der Waals surface area contributed by atoms with E-state index < -0.39 is 5.60 Å². The van der Waals surface area contributed by atoms with E-state index in [1.165, 1.54) is 0 Å². The van der Waals surface area contributed by atoms with Gasteiger partial charge in [-0.2, -0.15) is 0 Å². The standard InChI is InChI=1S/C8H13NO/c1-3-8(10)5-4-6-9(2)7-8/h1,10H,4-7H2,2H3. The Morgan fingerprint density at radius 3 is 2.80 bits per heavy atom. The van der Waals surface area contributed by atoms with E-state index in [0.29, 0.717) is 6.54 Å². The van der Waals surface area contributed by atoms with Gasteiger partial charge in [-0.1, -0.05) is 5.92 Å². The Morgan fingerprint density at radius 1 is 1.70 bits per heavy atom. The van der Waals surface area contributed by atoms with Crippen molar-refractivity contribution in [3.63, 3.8) is 0 Å². The number of piperidine rings is 1. The summed E-state index contributed by atoms with van der Waals surface area (Å²) in [6.07, 6.45) is 6.91. The van der Waals surface area contributed by atoms with Gasteiger partial charge < -0.3 is 10.0 Å². The fourth-order valence-electron chi connectivity index (χ4n) is 1.36. The molecule has 56 valence electrons. The number of hydrogen-bond donors (Lipinski definition) is 1. The van der Waals surface area contributed by atoms with Gasteiger partial charge in [0, 0.05) is 6.54 Å². The molecule has 1 N–H and O–H groups in total. The molecule has 1 heterocycles. The molecule has 1 fully saturated rings. The van der Waals surface area contributed by atoms with Crippen molar-refractivity contribution in [2.24, 2.45) is 0 Å². The Morgan fingerprint density at radius 2 is 2.40 bits per heavy atom. The maximum absolute atomic E-state index is 9.57. The molecular weight excluding hydrogens is 126 g/mol. The summed E-state index contributed by atoms with van der Waals surface area (Å²) in [6.45, 7) is 1.66. The van der Waals surface area contributed by atoms with Crippen LogP contribution in [0.4, 0.5) is 0 Å². The number of nitrogens with zero attached hydrogens (tertiary/aromatic N) is 1. The SMILES string of the molecule is C#CC1(O)CCCN(C)C1. The molecule has 2 heteroatoms. The van der Waals surface area contributed by atoms with Gasteiger partial charge in [0.25, 0.3) is 0 Å². The van der Waals surface area contributed by atoms with Crippen LogP contribution in [0.25, 0.3) is 0 Å². The van der Waals surface area contributed by atoms with Gasteiger partial charge in [-0.05, 0) is 26.4 Å². The molecule has 1 unspecified atom stereocenters. The van der Waals surface area contributed by atoms with Crippen molar-refractivity contribution >= 4 is 0 Å². The lowest BCUT2D eigenvalue weighted by Gasteiger charge is -2.33. The summed E-state index contributed by atoms with van der Waals surface area (Å²) >= 11 is 0. The van der Waals surface area contributed by atoms with E-state index in [0.717, 1.165) is 19.4 Å². The lowest BCUT2D eigenvalue weighted by molar-refractivity contribution is 0.0264. The quantitative estimate of drug-likeness (QED) is 0.480. The first kappa shape index (κ1) is 7.59. The van der Waals surface area contributed by atoms with Gasteiger partial charge in [0.2, 0.25) is 0 Å². The van der Waals surface area contributed by atoms with Crippen LogP contribution in [0.15, 0.2) is 0 Å². The van der Waals surface area contributed by atoms with Crippen molar-refractivity contribution in [2.45, 2.75) is 18.4 Å². The summed E-state index contributed by atoms with van der Waals surface area (Å²) in [5.41, 5.74) is -0.854. The molecule has 0 saturated carbocycles. The zero-order valence-electron chi connectivity index (χ0n) is 6.30. The lowest BCUT2D eigenvalue weighted by atomic mass is 9.94. The highest BCUT2D eigenvalue weighted by Crippen LogP contribution is 2.18. The minimum Gasteiger partial charge on any atom is -0.376 e. The number of aliphatic hydroxyl groups is 1. The van der Waals surface area contributed by atoms with Crippen LogP contribution in [0.1, 0.15) is 12.8 Å². The van der Waals surface area contributed by atoms with E-state index in [9.17, 15) is 5.11 Å². The molecule has 1 rings (SSSR count). The summed E-state index contributed by atoms with van der Waals surface area (Å²) < 4.78 is 0. The van der Waals surface area contributed by atoms with Gasteiger partial charge in [-0.25, -0.2) is 0 Å². The van der Waals surface area contributed by atoms with Crippen molar-refractivity contribution in [2.75, 3.05) is 20.1 Å². The first-order valence-corrected chi connectivity index (χ1v) is 3.55. The molecule has 10 heavy (non-hydrogen) atoms. The van der Waals surface area contributed by atoms with E-state index in [1.807, 2.05) is 7.05 Å². The number of likely N-dealkylation sites (N-methyl/N-ethyl adjacent to an activating group) is 1. The van der Waals surface area contributed by atoms with Gasteiger partial charge in [0.15, 0.2) is 0 Å². The third-order valence-corrected chi connectivity index (χ3v) is 1.93. The topological polar surface area (TPSA) is 23.5 Å². The maximum atomic E-state index is 9.57. The van der Waals surface area contributed by atoms with Gasteiger partial charge in [0.1, 0.15) is 5.60 Å². The number of rotatable bonds is 0. The fourth-order valence-corrected chi connectivity index (χ4v) is 1.36. The van der Waals surface area contributed by atoms with Gasteiger partial charge in [-0.3, -0.25) is 0 Å². The van der Waals surface area contributed by atoms with Crippen LogP contribution >= 0.6 is 0 Å². The molecule has 0 aromatic heterocycles. The smallest absolute Gasteiger partial charge is 0.137 e. The van der Waals surface area contributed by atoms with Crippen LogP contribution in [0.3, 0.4) is 0 Å². The van der Waals surface area contributed by atoms with Crippen molar-refractivity contribution in [3.8, 4) is 12.3 Å². The zero-order chi connectivity index (χ0) is 7.61. The molecule has 0 aromatic carbocycles. The van der Waals surface area contributed by atoms with Crippen LogP contribution in [-0.2, 0) is 0 Å². The molecule has 1 atom stereocenters. The Balaban J connectivity index is 2.56. The van der Waals surface area contributed by atoms with E-state index >= 15 is 0 Å². The maximum Gasteiger partial charge on any atom is 0.137 e. The molecule has 0 amide bonds.